The number of nitrogens with zero attached hydrogens (tertiary/aromatic N) is 6. The minimum atomic E-state index is -4.61. The van der Waals surface area contributed by atoms with Gasteiger partial charge in [0, 0.05) is 12.7 Å². The van der Waals surface area contributed by atoms with Crippen LogP contribution in [-0.2, 0) is 13.2 Å². The standard InChI is InChI=1S/C12H11F3N6S/c1-6-4-9(12(13,14)15)8(5-16)11(17-6)22-7(2)10-18-19-20-21(10)3/h4,7H,1-3H3/t7-/m0/s1. The molecule has 2 rings (SSSR count). The molecular weight excluding hydrogens is 317 g/mol. The SMILES string of the molecule is Cc1cc(C(F)(F)F)c(C#N)c(S[C@@H](C)c2nnnn2C)n1. The third-order valence-electron chi connectivity index (χ3n) is 2.84. The number of thioether (sulfide) groups is 1. The average Bonchev–Trinajstić information content (AvgIpc) is 2.83. The highest BCUT2D eigenvalue weighted by Gasteiger charge is 2.36. The lowest BCUT2D eigenvalue weighted by Crippen LogP contribution is -2.11. The molecule has 116 valence electrons. The van der Waals surface area contributed by atoms with Crippen LogP contribution in [0.2, 0.25) is 0 Å². The monoisotopic (exact) mass is 328 g/mol. The van der Waals surface area contributed by atoms with Crippen LogP contribution in [0.3, 0.4) is 0 Å². The van der Waals surface area contributed by atoms with Crippen LogP contribution in [0.1, 0.15) is 34.8 Å². The van der Waals surface area contributed by atoms with E-state index >= 15 is 0 Å². The van der Waals surface area contributed by atoms with E-state index in [-0.39, 0.29) is 16.0 Å². The lowest BCUT2D eigenvalue weighted by molar-refractivity contribution is -0.138. The first-order chi connectivity index (χ1) is 10.2. The molecule has 0 aliphatic carbocycles. The molecule has 0 saturated carbocycles. The summed E-state index contributed by atoms with van der Waals surface area (Å²) in [4.78, 5) is 4.06. The van der Waals surface area contributed by atoms with Gasteiger partial charge in [-0.05, 0) is 30.3 Å². The topological polar surface area (TPSA) is 80.3 Å². The zero-order valence-corrected chi connectivity index (χ0v) is 12.7. The first kappa shape index (κ1) is 16.2. The van der Waals surface area contributed by atoms with E-state index in [1.165, 1.54) is 11.6 Å². The maximum absolute atomic E-state index is 13.0. The number of tetrazole rings is 1. The van der Waals surface area contributed by atoms with E-state index in [0.29, 0.717) is 5.82 Å². The summed E-state index contributed by atoms with van der Waals surface area (Å²) in [7, 11) is 1.63. The Hall–Kier alpha value is -2.15. The highest BCUT2D eigenvalue weighted by atomic mass is 32.2. The summed E-state index contributed by atoms with van der Waals surface area (Å²) in [6, 6.07) is 2.47. The van der Waals surface area contributed by atoms with Crippen molar-refractivity contribution in [2.75, 3.05) is 0 Å². The highest BCUT2D eigenvalue weighted by molar-refractivity contribution is 7.99. The molecule has 0 aromatic carbocycles. The van der Waals surface area contributed by atoms with Gasteiger partial charge in [0.2, 0.25) is 0 Å². The second-order valence-corrected chi connectivity index (χ2v) is 5.85. The Morgan fingerprint density at radius 2 is 2.09 bits per heavy atom. The Kier molecular flexibility index (Phi) is 4.37. The molecule has 22 heavy (non-hydrogen) atoms. The molecule has 0 aliphatic heterocycles. The Labute approximate surface area is 128 Å². The summed E-state index contributed by atoms with van der Waals surface area (Å²) < 4.78 is 40.6. The van der Waals surface area contributed by atoms with E-state index < -0.39 is 17.3 Å². The number of halogens is 3. The zero-order valence-electron chi connectivity index (χ0n) is 11.9. The lowest BCUT2D eigenvalue weighted by atomic mass is 10.1. The van der Waals surface area contributed by atoms with Gasteiger partial charge in [-0.25, -0.2) is 9.67 Å². The summed E-state index contributed by atoms with van der Waals surface area (Å²) in [6.07, 6.45) is -4.61. The second kappa shape index (κ2) is 5.92. The summed E-state index contributed by atoms with van der Waals surface area (Å²) in [5.41, 5.74) is -1.27. The molecule has 0 spiro atoms. The molecule has 0 bridgehead atoms. The van der Waals surface area contributed by atoms with Gasteiger partial charge < -0.3 is 0 Å². The molecule has 2 aromatic rings. The van der Waals surface area contributed by atoms with Crippen molar-refractivity contribution in [3.05, 3.63) is 28.7 Å². The van der Waals surface area contributed by atoms with E-state index in [4.69, 9.17) is 5.26 Å². The van der Waals surface area contributed by atoms with Gasteiger partial charge in [0.1, 0.15) is 11.1 Å². The predicted octanol–water partition coefficient (Wildman–Crippen LogP) is 2.66. The molecule has 6 nitrogen and oxygen atoms in total. The molecule has 2 heterocycles. The van der Waals surface area contributed by atoms with Crippen LogP contribution in [0, 0.1) is 18.3 Å². The third kappa shape index (κ3) is 3.19. The number of hydrogen-bond donors (Lipinski definition) is 0. The molecular formula is C12H11F3N6S. The van der Waals surface area contributed by atoms with Crippen molar-refractivity contribution in [1.82, 2.24) is 25.2 Å². The molecule has 0 unspecified atom stereocenters. The number of nitriles is 1. The first-order valence-electron chi connectivity index (χ1n) is 6.12. The van der Waals surface area contributed by atoms with E-state index in [2.05, 4.69) is 20.5 Å². The van der Waals surface area contributed by atoms with Crippen LogP contribution < -0.4 is 0 Å². The number of aromatic nitrogens is 5. The molecule has 0 aliphatic rings. The molecule has 0 amide bonds. The molecule has 1 atom stereocenters. The van der Waals surface area contributed by atoms with Gasteiger partial charge in [0.15, 0.2) is 5.82 Å². The van der Waals surface area contributed by atoms with Gasteiger partial charge in [-0.15, -0.1) is 5.10 Å². The molecule has 0 radical (unpaired) electrons. The van der Waals surface area contributed by atoms with E-state index in [0.717, 1.165) is 17.8 Å². The van der Waals surface area contributed by atoms with Gasteiger partial charge in [-0.2, -0.15) is 18.4 Å². The molecule has 0 saturated heterocycles. The minimum Gasteiger partial charge on any atom is -0.245 e. The highest BCUT2D eigenvalue weighted by Crippen LogP contribution is 2.39. The number of aryl methyl sites for hydroxylation is 2. The number of rotatable bonds is 3. The average molecular weight is 328 g/mol. The summed E-state index contributed by atoms with van der Waals surface area (Å²) in [5.74, 6) is 0.478. The predicted molar refractivity (Wildman–Crippen MR) is 71.8 cm³/mol. The van der Waals surface area contributed by atoms with Crippen molar-refractivity contribution >= 4 is 11.8 Å². The van der Waals surface area contributed by atoms with Crippen LogP contribution in [0.25, 0.3) is 0 Å². The summed E-state index contributed by atoms with van der Waals surface area (Å²) >= 11 is 1.01. The van der Waals surface area contributed by atoms with Crippen LogP contribution in [0.15, 0.2) is 11.1 Å². The summed E-state index contributed by atoms with van der Waals surface area (Å²) in [5, 5.41) is 19.7. The van der Waals surface area contributed by atoms with Crippen LogP contribution in [0.5, 0.6) is 0 Å². The largest absolute Gasteiger partial charge is 0.417 e. The van der Waals surface area contributed by atoms with Crippen LogP contribution in [-0.4, -0.2) is 25.2 Å². The van der Waals surface area contributed by atoms with Crippen molar-refractivity contribution in [3.8, 4) is 6.07 Å². The minimum absolute atomic E-state index is 0.0188. The Bertz CT molecular complexity index is 733. The van der Waals surface area contributed by atoms with Crippen molar-refractivity contribution in [3.63, 3.8) is 0 Å². The van der Waals surface area contributed by atoms with Gasteiger partial charge in [0.25, 0.3) is 0 Å². The van der Waals surface area contributed by atoms with Gasteiger partial charge in [0.05, 0.1) is 16.4 Å². The first-order valence-corrected chi connectivity index (χ1v) is 7.00. The lowest BCUT2D eigenvalue weighted by Gasteiger charge is -2.15. The second-order valence-electron chi connectivity index (χ2n) is 4.52. The number of hydrogen-bond acceptors (Lipinski definition) is 6. The van der Waals surface area contributed by atoms with Crippen molar-refractivity contribution in [2.24, 2.45) is 7.05 Å². The summed E-state index contributed by atoms with van der Waals surface area (Å²) in [6.45, 7) is 3.18. The maximum atomic E-state index is 13.0. The van der Waals surface area contributed by atoms with Crippen molar-refractivity contribution < 1.29 is 13.2 Å². The number of pyridine rings is 1. The van der Waals surface area contributed by atoms with Gasteiger partial charge in [-0.3, -0.25) is 0 Å². The Balaban J connectivity index is 2.46. The maximum Gasteiger partial charge on any atom is 0.417 e. The fourth-order valence-electron chi connectivity index (χ4n) is 1.86. The van der Waals surface area contributed by atoms with Crippen LogP contribution >= 0.6 is 11.8 Å². The van der Waals surface area contributed by atoms with Gasteiger partial charge in [-0.1, -0.05) is 11.8 Å². The Morgan fingerprint density at radius 3 is 2.59 bits per heavy atom. The molecule has 0 N–H and O–H groups in total. The van der Waals surface area contributed by atoms with Crippen molar-refractivity contribution in [2.45, 2.75) is 30.3 Å². The smallest absolute Gasteiger partial charge is 0.245 e. The molecule has 10 heteroatoms. The third-order valence-corrected chi connectivity index (χ3v) is 3.92. The van der Waals surface area contributed by atoms with E-state index in [1.807, 2.05) is 0 Å². The Morgan fingerprint density at radius 1 is 1.41 bits per heavy atom. The fourth-order valence-corrected chi connectivity index (χ4v) is 2.97. The van der Waals surface area contributed by atoms with E-state index in [1.54, 1.807) is 20.0 Å². The van der Waals surface area contributed by atoms with E-state index in [9.17, 15) is 13.2 Å². The normalized spacial score (nSPS) is 13.0. The van der Waals surface area contributed by atoms with Crippen molar-refractivity contribution in [1.29, 1.82) is 5.26 Å². The van der Waals surface area contributed by atoms with Gasteiger partial charge >= 0.3 is 6.18 Å². The quantitative estimate of drug-likeness (QED) is 0.806. The number of alkyl halides is 3. The zero-order chi connectivity index (χ0) is 16.5. The molecule has 2 aromatic heterocycles. The van der Waals surface area contributed by atoms with Crippen LogP contribution in [0.4, 0.5) is 13.2 Å². The fraction of sp³-hybridized carbons (Fsp3) is 0.417. The molecule has 0 fully saturated rings.